The van der Waals surface area contributed by atoms with Gasteiger partial charge >= 0.3 is 0 Å². The molecule has 2 N–H and O–H groups in total. The summed E-state index contributed by atoms with van der Waals surface area (Å²) < 4.78 is 0. The number of carbonyl (C=O) groups is 1. The van der Waals surface area contributed by atoms with Crippen LogP contribution in [0.2, 0.25) is 0 Å². The van der Waals surface area contributed by atoms with Gasteiger partial charge in [0, 0.05) is 11.4 Å². The first-order valence-electron chi connectivity index (χ1n) is 6.88. The van der Waals surface area contributed by atoms with Gasteiger partial charge in [-0.15, -0.1) is 11.8 Å². The summed E-state index contributed by atoms with van der Waals surface area (Å²) in [6.45, 7) is 2.72. The SMILES string of the molecule is CC(CNC(=O)CSc1cccc(O)c1)c1ccccc1. The third kappa shape index (κ3) is 5.16. The molecule has 1 atom stereocenters. The normalized spacial score (nSPS) is 11.9. The molecule has 3 nitrogen and oxygen atoms in total. The molecule has 1 unspecified atom stereocenters. The molecule has 1 amide bonds. The number of benzene rings is 2. The molecule has 2 rings (SSSR count). The van der Waals surface area contributed by atoms with E-state index in [1.165, 1.54) is 17.3 Å². The van der Waals surface area contributed by atoms with Crippen molar-refractivity contribution in [3.63, 3.8) is 0 Å². The van der Waals surface area contributed by atoms with Crippen molar-refractivity contribution in [2.24, 2.45) is 0 Å². The van der Waals surface area contributed by atoms with Crippen LogP contribution in [0.1, 0.15) is 18.4 Å². The second kappa shape index (κ2) is 7.74. The first-order chi connectivity index (χ1) is 10.1. The standard InChI is InChI=1S/C17H19NO2S/c1-13(14-6-3-2-4-7-14)11-18-17(20)12-21-16-9-5-8-15(19)10-16/h2-10,13,19H,11-12H2,1H3,(H,18,20). The molecule has 0 aliphatic rings. The van der Waals surface area contributed by atoms with E-state index in [0.717, 1.165) is 4.90 Å². The highest BCUT2D eigenvalue weighted by Gasteiger charge is 2.08. The number of hydrogen-bond donors (Lipinski definition) is 2. The smallest absolute Gasteiger partial charge is 0.230 e. The van der Waals surface area contributed by atoms with Crippen molar-refractivity contribution in [3.8, 4) is 5.75 Å². The van der Waals surface area contributed by atoms with Crippen molar-refractivity contribution < 1.29 is 9.90 Å². The molecule has 2 aromatic rings. The van der Waals surface area contributed by atoms with Crippen LogP contribution in [0, 0.1) is 0 Å². The Morgan fingerprint density at radius 3 is 2.67 bits per heavy atom. The maximum atomic E-state index is 11.8. The van der Waals surface area contributed by atoms with Crippen LogP contribution in [-0.4, -0.2) is 23.3 Å². The molecule has 0 spiro atoms. The number of phenols is 1. The fourth-order valence-electron chi connectivity index (χ4n) is 1.94. The minimum absolute atomic E-state index is 0.00567. The van der Waals surface area contributed by atoms with Crippen LogP contribution in [0.15, 0.2) is 59.5 Å². The predicted molar refractivity (Wildman–Crippen MR) is 86.7 cm³/mol. The van der Waals surface area contributed by atoms with Gasteiger partial charge in [0.2, 0.25) is 5.91 Å². The molecule has 0 aliphatic heterocycles. The molecular formula is C17H19NO2S. The van der Waals surface area contributed by atoms with Crippen molar-refractivity contribution in [1.29, 1.82) is 0 Å². The van der Waals surface area contributed by atoms with Crippen LogP contribution in [-0.2, 0) is 4.79 Å². The number of phenolic OH excluding ortho intramolecular Hbond substituents is 1. The molecule has 0 radical (unpaired) electrons. The van der Waals surface area contributed by atoms with Gasteiger partial charge in [-0.3, -0.25) is 4.79 Å². The molecule has 0 fully saturated rings. The second-order valence-corrected chi connectivity index (χ2v) is 5.95. The molecule has 0 bridgehead atoms. The molecule has 0 saturated carbocycles. The third-order valence-corrected chi connectivity index (χ3v) is 4.16. The molecule has 0 heterocycles. The van der Waals surface area contributed by atoms with Crippen LogP contribution < -0.4 is 5.32 Å². The molecule has 0 aliphatic carbocycles. The summed E-state index contributed by atoms with van der Waals surface area (Å²) in [4.78, 5) is 12.7. The van der Waals surface area contributed by atoms with Gasteiger partial charge in [-0.2, -0.15) is 0 Å². The zero-order valence-electron chi connectivity index (χ0n) is 12.0. The summed E-state index contributed by atoms with van der Waals surface area (Å²) in [5.74, 6) is 0.871. The summed E-state index contributed by atoms with van der Waals surface area (Å²) in [6.07, 6.45) is 0. The van der Waals surface area contributed by atoms with Crippen LogP contribution in [0.5, 0.6) is 5.75 Å². The van der Waals surface area contributed by atoms with Crippen molar-refractivity contribution in [2.75, 3.05) is 12.3 Å². The van der Waals surface area contributed by atoms with E-state index in [1.54, 1.807) is 18.2 Å². The van der Waals surface area contributed by atoms with Crippen molar-refractivity contribution in [2.45, 2.75) is 17.7 Å². The van der Waals surface area contributed by atoms with E-state index >= 15 is 0 Å². The van der Waals surface area contributed by atoms with Crippen LogP contribution in [0.4, 0.5) is 0 Å². The van der Waals surface area contributed by atoms with Crippen molar-refractivity contribution in [1.82, 2.24) is 5.32 Å². The number of nitrogens with one attached hydrogen (secondary N) is 1. The minimum atomic E-state index is 0.00567. The summed E-state index contributed by atoms with van der Waals surface area (Å²) in [5, 5.41) is 12.3. The first kappa shape index (κ1) is 15.4. The summed E-state index contributed by atoms with van der Waals surface area (Å²) in [7, 11) is 0. The third-order valence-electron chi connectivity index (χ3n) is 3.16. The lowest BCUT2D eigenvalue weighted by molar-refractivity contribution is -0.118. The van der Waals surface area contributed by atoms with E-state index in [1.807, 2.05) is 24.3 Å². The van der Waals surface area contributed by atoms with Crippen molar-refractivity contribution in [3.05, 3.63) is 60.2 Å². The van der Waals surface area contributed by atoms with E-state index in [2.05, 4.69) is 24.4 Å². The number of amides is 1. The maximum Gasteiger partial charge on any atom is 0.230 e. The lowest BCUT2D eigenvalue weighted by Gasteiger charge is -2.13. The molecule has 21 heavy (non-hydrogen) atoms. The van der Waals surface area contributed by atoms with E-state index in [4.69, 9.17) is 0 Å². The minimum Gasteiger partial charge on any atom is -0.508 e. The predicted octanol–water partition coefficient (Wildman–Crippen LogP) is 3.40. The Bertz CT molecular complexity index is 586. The Morgan fingerprint density at radius 2 is 1.95 bits per heavy atom. The van der Waals surface area contributed by atoms with Gasteiger partial charge < -0.3 is 10.4 Å². The fourth-order valence-corrected chi connectivity index (χ4v) is 2.72. The van der Waals surface area contributed by atoms with Gasteiger partial charge in [-0.05, 0) is 29.7 Å². The number of carbonyl (C=O) groups excluding carboxylic acids is 1. The van der Waals surface area contributed by atoms with Crippen LogP contribution in [0.25, 0.3) is 0 Å². The highest BCUT2D eigenvalue weighted by atomic mass is 32.2. The Kier molecular flexibility index (Phi) is 5.69. The van der Waals surface area contributed by atoms with E-state index in [9.17, 15) is 9.90 Å². The zero-order chi connectivity index (χ0) is 15.1. The Labute approximate surface area is 129 Å². The average molecular weight is 301 g/mol. The van der Waals surface area contributed by atoms with Gasteiger partial charge in [-0.25, -0.2) is 0 Å². The number of thioether (sulfide) groups is 1. The monoisotopic (exact) mass is 301 g/mol. The summed E-state index contributed by atoms with van der Waals surface area (Å²) in [6, 6.07) is 17.1. The Balaban J connectivity index is 1.75. The topological polar surface area (TPSA) is 49.3 Å². The average Bonchev–Trinajstić information content (AvgIpc) is 2.51. The van der Waals surface area contributed by atoms with E-state index in [0.29, 0.717) is 18.2 Å². The van der Waals surface area contributed by atoms with E-state index < -0.39 is 0 Å². The molecule has 0 aromatic heterocycles. The highest BCUT2D eigenvalue weighted by Crippen LogP contribution is 2.21. The van der Waals surface area contributed by atoms with Crippen molar-refractivity contribution >= 4 is 17.7 Å². The van der Waals surface area contributed by atoms with Gasteiger partial charge in [0.25, 0.3) is 0 Å². The Hall–Kier alpha value is -1.94. The molecule has 0 saturated heterocycles. The van der Waals surface area contributed by atoms with E-state index in [-0.39, 0.29) is 11.7 Å². The molecular weight excluding hydrogens is 282 g/mol. The van der Waals surface area contributed by atoms with Crippen LogP contribution >= 0.6 is 11.8 Å². The second-order valence-electron chi connectivity index (χ2n) is 4.90. The molecule has 4 heteroatoms. The number of aromatic hydroxyl groups is 1. The summed E-state index contributed by atoms with van der Waals surface area (Å²) in [5.41, 5.74) is 1.22. The fraction of sp³-hybridized carbons (Fsp3) is 0.235. The lowest BCUT2D eigenvalue weighted by atomic mass is 10.0. The molecule has 110 valence electrons. The Morgan fingerprint density at radius 1 is 1.19 bits per heavy atom. The zero-order valence-corrected chi connectivity index (χ0v) is 12.8. The van der Waals surface area contributed by atoms with Gasteiger partial charge in [0.15, 0.2) is 0 Å². The largest absolute Gasteiger partial charge is 0.508 e. The summed E-state index contributed by atoms with van der Waals surface area (Å²) >= 11 is 1.42. The van der Waals surface area contributed by atoms with Gasteiger partial charge in [-0.1, -0.05) is 43.3 Å². The molecule has 2 aromatic carbocycles. The maximum absolute atomic E-state index is 11.8. The first-order valence-corrected chi connectivity index (χ1v) is 7.87. The van der Waals surface area contributed by atoms with Crippen LogP contribution in [0.3, 0.4) is 0 Å². The van der Waals surface area contributed by atoms with Gasteiger partial charge in [0.05, 0.1) is 5.75 Å². The van der Waals surface area contributed by atoms with Gasteiger partial charge in [0.1, 0.15) is 5.75 Å². The highest BCUT2D eigenvalue weighted by molar-refractivity contribution is 8.00. The number of rotatable bonds is 6. The quantitative estimate of drug-likeness (QED) is 0.804. The number of hydrogen-bond acceptors (Lipinski definition) is 3. The lowest BCUT2D eigenvalue weighted by Crippen LogP contribution is -2.28.